The van der Waals surface area contributed by atoms with Crippen LogP contribution in [-0.4, -0.2) is 120 Å². The average Bonchev–Trinajstić information content (AvgIpc) is 0.827. The Hall–Kier alpha value is -12.1. The van der Waals surface area contributed by atoms with Gasteiger partial charge >= 0.3 is 17.3 Å². The van der Waals surface area contributed by atoms with Gasteiger partial charge in [-0.25, -0.2) is 4.79 Å². The predicted molar refractivity (Wildman–Crippen MR) is 398 cm³/mol. The summed E-state index contributed by atoms with van der Waals surface area (Å²) >= 11 is 0. The highest BCUT2D eigenvalue weighted by molar-refractivity contribution is 6.09. The van der Waals surface area contributed by atoms with Gasteiger partial charge in [-0.05, 0) is 158 Å². The molecule has 0 bridgehead atoms. The summed E-state index contributed by atoms with van der Waals surface area (Å²) in [6.45, 7) is 19.9. The van der Waals surface area contributed by atoms with E-state index in [1.165, 1.54) is 98.1 Å². The molecule has 0 spiro atoms. The molecule has 0 saturated heterocycles. The molecule has 30 heteroatoms. The second-order valence-electron chi connectivity index (χ2n) is 26.1. The maximum absolute atomic E-state index is 13.3. The van der Waals surface area contributed by atoms with Crippen molar-refractivity contribution in [3.8, 4) is 28.7 Å². The Morgan fingerprint density at radius 3 is 1.01 bits per heavy atom. The predicted octanol–water partition coefficient (Wildman–Crippen LogP) is 12.8. The number of esters is 1. The van der Waals surface area contributed by atoms with E-state index in [4.69, 9.17) is 50.1 Å². The van der Waals surface area contributed by atoms with Gasteiger partial charge in [-0.3, -0.25) is 59.1 Å². The first-order chi connectivity index (χ1) is 50.2. The Kier molecular flexibility index (Phi) is 33.0. The Morgan fingerprint density at radius 1 is 0.377 bits per heavy atom. The van der Waals surface area contributed by atoms with Crippen molar-refractivity contribution in [2.24, 2.45) is 41.1 Å². The maximum atomic E-state index is 13.3. The zero-order chi connectivity index (χ0) is 78.5. The van der Waals surface area contributed by atoms with Crippen molar-refractivity contribution in [1.29, 1.82) is 0 Å². The SMILES string of the molecule is CC(C)COc1cc(C(N)=O)ccc1NC(=O)c1ccc(NC(=O)c2ccc([N+](=O)[O-])c(OCCO)c2)c(OCC(C)C)c1.CC(C)COc1cc(C(N)=O)ccc1NC(=O)c1ccc([N+](=O)[O-])c(OCCO)c1.COC(=O)c1ccc(NC(=O)c2ccc([N+](=O)[O-])c(CCC(C)C)c2)c(CCC(C)C)c1. The number of aliphatic hydroxyl groups excluding tert-OH is 2. The molecule has 7 rings (SSSR count). The number of ether oxygens (including phenoxy) is 6. The number of nitro groups is 3. The number of amides is 6. The van der Waals surface area contributed by atoms with Crippen LogP contribution in [0.5, 0.6) is 28.7 Å². The number of aliphatic hydroxyl groups is 2. The number of nitro benzene ring substituents is 3. The standard InChI is InChI=1S/C31H36N4O9.C25H32N2O5.C20H23N3O7/c1-18(2)16-43-26-13-20(29(32)37)5-8-23(26)33-30(38)21-6-9-24(27(14-21)44-17-19(3)4)34-31(39)22-7-10-25(35(40)41)28(15-22)42-12-11-36;1-16(2)6-8-18-14-21(25(29)32-5)10-12-22(18)26-24(28)20-11-13-23(27(30)31)19(15-20)9-7-17(3)4;1-12(2)11-30-17-9-13(19(21)25)3-5-15(17)22-20(26)14-4-6-16(23(27)28)18(10-14)29-8-7-24/h5-10,13-15,18-19,36H,11-12,16-17H2,1-4H3,(H2,32,37)(H,33,38)(H,34,39);10-17H,6-9H2,1-5H3,(H,26,28);3-6,9-10,12,24H,7-8,11H2,1-2H3,(H2,21,25)(H,22,26). The number of aryl methyl sites for hydroxylation is 2. The molecule has 0 fully saturated rings. The van der Waals surface area contributed by atoms with Gasteiger partial charge in [-0.15, -0.1) is 0 Å². The Morgan fingerprint density at radius 2 is 0.670 bits per heavy atom. The fraction of sp³-hybridized carbons (Fsp3) is 0.355. The van der Waals surface area contributed by atoms with Crippen molar-refractivity contribution in [3.63, 3.8) is 0 Å². The van der Waals surface area contributed by atoms with Gasteiger partial charge in [0.2, 0.25) is 11.8 Å². The molecule has 0 heterocycles. The third-order valence-electron chi connectivity index (χ3n) is 15.1. The fourth-order valence-electron chi connectivity index (χ4n) is 9.55. The summed E-state index contributed by atoms with van der Waals surface area (Å²) in [7, 11) is 1.33. The number of anilines is 4. The van der Waals surface area contributed by atoms with Gasteiger partial charge in [0.25, 0.3) is 29.3 Å². The summed E-state index contributed by atoms with van der Waals surface area (Å²) in [5.41, 5.74) is 14.6. The van der Waals surface area contributed by atoms with Crippen LogP contribution < -0.4 is 56.4 Å². The summed E-state index contributed by atoms with van der Waals surface area (Å²) in [4.78, 5) is 119. The lowest BCUT2D eigenvalue weighted by Crippen LogP contribution is -2.17. The number of carbonyl (C=O) groups is 7. The molecule has 0 aliphatic rings. The molecule has 0 aliphatic heterocycles. The Balaban J connectivity index is 0.000000293. The van der Waals surface area contributed by atoms with Crippen LogP contribution in [0.25, 0.3) is 0 Å². The first-order valence-corrected chi connectivity index (χ1v) is 33.9. The number of rotatable bonds is 35. The smallest absolute Gasteiger partial charge is 0.337 e. The van der Waals surface area contributed by atoms with Crippen LogP contribution in [-0.2, 0) is 17.6 Å². The number of methoxy groups -OCH3 is 1. The van der Waals surface area contributed by atoms with Gasteiger partial charge in [0.1, 0.15) is 30.5 Å². The van der Waals surface area contributed by atoms with Gasteiger partial charge in [-0.1, -0.05) is 69.2 Å². The van der Waals surface area contributed by atoms with Crippen LogP contribution in [0.4, 0.5) is 39.8 Å². The highest BCUT2D eigenvalue weighted by atomic mass is 16.6. The van der Waals surface area contributed by atoms with Crippen LogP contribution in [0.15, 0.2) is 127 Å². The minimum Gasteiger partial charge on any atom is -0.491 e. The van der Waals surface area contributed by atoms with Gasteiger partial charge < -0.3 is 71.4 Å². The number of benzene rings is 7. The van der Waals surface area contributed by atoms with E-state index in [2.05, 4.69) is 49.0 Å². The van der Waals surface area contributed by atoms with Gasteiger partial charge in [0.15, 0.2) is 11.5 Å². The van der Waals surface area contributed by atoms with Crippen LogP contribution >= 0.6 is 0 Å². The summed E-state index contributed by atoms with van der Waals surface area (Å²) in [5.74, 6) is -1.89. The number of primary amides is 2. The minimum absolute atomic E-state index is 0.0299. The molecule has 0 aliphatic carbocycles. The molecule has 10 N–H and O–H groups in total. The number of nitrogens with one attached hydrogen (secondary N) is 4. The van der Waals surface area contributed by atoms with Crippen LogP contribution in [0, 0.1) is 59.9 Å². The molecular weight excluding hydrogens is 1370 g/mol. The fourth-order valence-corrected chi connectivity index (χ4v) is 9.55. The van der Waals surface area contributed by atoms with E-state index < -0.39 is 50.3 Å². The van der Waals surface area contributed by atoms with E-state index in [1.54, 1.807) is 24.3 Å². The van der Waals surface area contributed by atoms with E-state index in [0.717, 1.165) is 30.5 Å². The van der Waals surface area contributed by atoms with E-state index in [1.807, 2.05) is 41.5 Å². The minimum atomic E-state index is -0.651. The Labute approximate surface area is 612 Å². The first-order valence-electron chi connectivity index (χ1n) is 33.9. The lowest BCUT2D eigenvalue weighted by Gasteiger charge is -2.17. The molecule has 0 saturated carbocycles. The average molecular weight is 1470 g/mol. The van der Waals surface area contributed by atoms with Crippen LogP contribution in [0.1, 0.15) is 166 Å². The Bertz CT molecular complexity index is 4290. The van der Waals surface area contributed by atoms with Gasteiger partial charge in [-0.2, -0.15) is 0 Å². The zero-order valence-electron chi connectivity index (χ0n) is 60.9. The summed E-state index contributed by atoms with van der Waals surface area (Å²) in [5, 5.41) is 62.9. The molecule has 0 radical (unpaired) electrons. The highest BCUT2D eigenvalue weighted by Gasteiger charge is 2.25. The third-order valence-corrected chi connectivity index (χ3v) is 15.1. The third kappa shape index (κ3) is 26.3. The van der Waals surface area contributed by atoms with Crippen LogP contribution in [0.3, 0.4) is 0 Å². The normalized spacial score (nSPS) is 10.8. The maximum Gasteiger partial charge on any atom is 0.337 e. The number of nitrogens with zero attached hydrogens (tertiary/aromatic N) is 3. The quantitative estimate of drug-likeness (QED) is 0.0104. The first kappa shape index (κ1) is 84.6. The summed E-state index contributed by atoms with van der Waals surface area (Å²) < 4.78 is 32.7. The molecule has 106 heavy (non-hydrogen) atoms. The van der Waals surface area contributed by atoms with Crippen molar-refractivity contribution in [1.82, 2.24) is 0 Å². The van der Waals surface area contributed by atoms with Crippen LogP contribution in [0.2, 0.25) is 0 Å². The molecule has 566 valence electrons. The number of hydrogen-bond acceptors (Lipinski definition) is 21. The number of nitrogens with two attached hydrogens (primary N) is 2. The van der Waals surface area contributed by atoms with E-state index in [0.29, 0.717) is 71.6 Å². The van der Waals surface area contributed by atoms with E-state index in [-0.39, 0.29) is 136 Å². The molecular formula is C76H91N9O21. The highest BCUT2D eigenvalue weighted by Crippen LogP contribution is 2.35. The van der Waals surface area contributed by atoms with Gasteiger partial charge in [0, 0.05) is 75.0 Å². The van der Waals surface area contributed by atoms with Crippen molar-refractivity contribution in [2.45, 2.75) is 94.9 Å². The lowest BCUT2D eigenvalue weighted by atomic mass is 9.98. The second kappa shape index (κ2) is 41.3. The monoisotopic (exact) mass is 1470 g/mol. The second-order valence-corrected chi connectivity index (χ2v) is 26.1. The summed E-state index contributed by atoms with van der Waals surface area (Å²) in [6, 6.07) is 30.1. The topological polar surface area (TPSA) is 445 Å². The molecule has 6 amide bonds. The number of hydrogen-bond donors (Lipinski definition) is 8. The number of carbonyl (C=O) groups excluding carboxylic acids is 7. The molecule has 7 aromatic carbocycles. The van der Waals surface area contributed by atoms with Crippen molar-refractivity contribution in [3.05, 3.63) is 208 Å². The largest absolute Gasteiger partial charge is 0.491 e. The molecule has 0 unspecified atom stereocenters. The van der Waals surface area contributed by atoms with E-state index in [9.17, 15) is 63.9 Å². The zero-order valence-corrected chi connectivity index (χ0v) is 60.9. The van der Waals surface area contributed by atoms with Crippen molar-refractivity contribution >= 4 is 81.2 Å². The van der Waals surface area contributed by atoms with Gasteiger partial charge in [0.05, 0.1) is 77.5 Å². The molecule has 0 atom stereocenters. The molecule has 0 aromatic heterocycles. The lowest BCUT2D eigenvalue weighted by molar-refractivity contribution is -0.386. The molecule has 30 nitrogen and oxygen atoms in total. The van der Waals surface area contributed by atoms with Crippen molar-refractivity contribution in [2.75, 3.05) is 74.6 Å². The van der Waals surface area contributed by atoms with E-state index >= 15 is 0 Å². The summed E-state index contributed by atoms with van der Waals surface area (Å²) in [6.07, 6.45) is 2.91. The molecule has 7 aromatic rings. The van der Waals surface area contributed by atoms with Crippen molar-refractivity contribution < 1.29 is 87.0 Å².